The summed E-state index contributed by atoms with van der Waals surface area (Å²) in [5, 5.41) is 11.2. The quantitative estimate of drug-likeness (QED) is 0.761. The third-order valence-corrected chi connectivity index (χ3v) is 2.23. The molecule has 0 saturated carbocycles. The van der Waals surface area contributed by atoms with Gasteiger partial charge >= 0.3 is 12.0 Å². The van der Waals surface area contributed by atoms with Gasteiger partial charge in [-0.15, -0.1) is 0 Å². The molecule has 0 saturated heterocycles. The molecule has 0 aromatic heterocycles. The minimum absolute atomic E-state index is 0.278. The first-order valence-electron chi connectivity index (χ1n) is 4.52. The first-order valence-corrected chi connectivity index (χ1v) is 4.52. The van der Waals surface area contributed by atoms with Gasteiger partial charge in [-0.1, -0.05) is 18.2 Å². The molecule has 5 nitrogen and oxygen atoms in total. The number of nitrogens with one attached hydrogen (secondary N) is 1. The topological polar surface area (TPSA) is 69.6 Å². The van der Waals surface area contributed by atoms with E-state index in [1.807, 2.05) is 18.2 Å². The second kappa shape index (κ2) is 3.61. The van der Waals surface area contributed by atoms with Crippen molar-refractivity contribution in [1.29, 1.82) is 0 Å². The molecule has 2 N–H and O–H groups in total. The van der Waals surface area contributed by atoms with Crippen molar-refractivity contribution in [2.45, 2.75) is 6.54 Å². The lowest BCUT2D eigenvalue weighted by atomic mass is 10.1. The Morgan fingerprint density at radius 3 is 2.93 bits per heavy atom. The summed E-state index contributed by atoms with van der Waals surface area (Å²) in [6, 6.07) is 6.98. The van der Waals surface area contributed by atoms with Crippen LogP contribution in [-0.4, -0.2) is 28.6 Å². The minimum atomic E-state index is -1.01. The van der Waals surface area contributed by atoms with E-state index in [1.54, 1.807) is 6.07 Å². The molecule has 1 aliphatic heterocycles. The van der Waals surface area contributed by atoms with E-state index in [-0.39, 0.29) is 12.6 Å². The number of benzene rings is 1. The highest BCUT2D eigenvalue weighted by molar-refractivity contribution is 5.93. The number of carboxylic acid groups (broad SMARTS) is 1. The number of para-hydroxylation sites is 1. The first kappa shape index (κ1) is 9.51. The maximum atomic E-state index is 11.4. The number of anilines is 1. The zero-order valence-corrected chi connectivity index (χ0v) is 7.93. The van der Waals surface area contributed by atoms with E-state index in [9.17, 15) is 9.59 Å². The van der Waals surface area contributed by atoms with Crippen LogP contribution in [0.15, 0.2) is 24.3 Å². The van der Waals surface area contributed by atoms with E-state index in [0.717, 1.165) is 11.3 Å². The average Bonchev–Trinajstić information content (AvgIpc) is 2.18. The van der Waals surface area contributed by atoms with Crippen LogP contribution in [0.4, 0.5) is 10.5 Å². The van der Waals surface area contributed by atoms with Crippen molar-refractivity contribution in [2.75, 3.05) is 11.9 Å². The molecular formula is C10H10N2O3. The fourth-order valence-electron chi connectivity index (χ4n) is 1.54. The lowest BCUT2D eigenvalue weighted by molar-refractivity contribution is -0.137. The second-order valence-corrected chi connectivity index (χ2v) is 3.34. The van der Waals surface area contributed by atoms with Gasteiger partial charge in [-0.2, -0.15) is 0 Å². The molecule has 78 valence electrons. The molecular weight excluding hydrogens is 196 g/mol. The number of rotatable bonds is 2. The number of aliphatic carboxylic acids is 1. The van der Waals surface area contributed by atoms with Gasteiger partial charge in [0.2, 0.25) is 0 Å². The van der Waals surface area contributed by atoms with Crippen LogP contribution in [-0.2, 0) is 11.3 Å². The smallest absolute Gasteiger partial charge is 0.323 e. The van der Waals surface area contributed by atoms with Gasteiger partial charge in [0.1, 0.15) is 6.54 Å². The van der Waals surface area contributed by atoms with Crippen LogP contribution in [0.25, 0.3) is 0 Å². The summed E-state index contributed by atoms with van der Waals surface area (Å²) in [6.45, 7) is 0.0640. The molecule has 5 heteroatoms. The third-order valence-electron chi connectivity index (χ3n) is 2.23. The van der Waals surface area contributed by atoms with Gasteiger partial charge < -0.3 is 15.3 Å². The zero-order chi connectivity index (χ0) is 10.8. The lowest BCUT2D eigenvalue weighted by Gasteiger charge is -2.27. The number of nitrogens with zero attached hydrogens (tertiary/aromatic N) is 1. The van der Waals surface area contributed by atoms with E-state index in [1.165, 1.54) is 4.90 Å². The molecule has 0 atom stereocenters. The van der Waals surface area contributed by atoms with E-state index in [2.05, 4.69) is 5.32 Å². The summed E-state index contributed by atoms with van der Waals surface area (Å²) in [7, 11) is 0. The molecule has 2 rings (SSSR count). The highest BCUT2D eigenvalue weighted by Gasteiger charge is 2.23. The molecule has 1 aromatic rings. The Balaban J connectivity index is 2.22. The summed E-state index contributed by atoms with van der Waals surface area (Å²) >= 11 is 0. The van der Waals surface area contributed by atoms with Crippen molar-refractivity contribution in [1.82, 2.24) is 4.90 Å². The van der Waals surface area contributed by atoms with Crippen LogP contribution >= 0.6 is 0 Å². The molecule has 15 heavy (non-hydrogen) atoms. The number of urea groups is 1. The highest BCUT2D eigenvalue weighted by atomic mass is 16.4. The monoisotopic (exact) mass is 206 g/mol. The van der Waals surface area contributed by atoms with Gasteiger partial charge in [0, 0.05) is 5.69 Å². The number of hydrogen-bond donors (Lipinski definition) is 2. The maximum Gasteiger partial charge on any atom is 0.323 e. The Hall–Kier alpha value is -2.04. The Labute approximate surface area is 86.3 Å². The van der Waals surface area contributed by atoms with Crippen LogP contribution < -0.4 is 5.32 Å². The molecule has 0 bridgehead atoms. The average molecular weight is 206 g/mol. The largest absolute Gasteiger partial charge is 0.480 e. The van der Waals surface area contributed by atoms with Crippen LogP contribution in [0.5, 0.6) is 0 Å². The Morgan fingerprint density at radius 2 is 2.20 bits per heavy atom. The molecule has 1 heterocycles. The van der Waals surface area contributed by atoms with Gasteiger partial charge in [0.25, 0.3) is 0 Å². The van der Waals surface area contributed by atoms with Crippen molar-refractivity contribution in [3.63, 3.8) is 0 Å². The predicted octanol–water partition coefficient (Wildman–Crippen LogP) is 1.12. The minimum Gasteiger partial charge on any atom is -0.480 e. The number of carbonyl (C=O) groups excluding carboxylic acids is 1. The molecule has 0 unspecified atom stereocenters. The van der Waals surface area contributed by atoms with E-state index < -0.39 is 5.97 Å². The molecule has 0 fully saturated rings. The maximum absolute atomic E-state index is 11.4. The summed E-state index contributed by atoms with van der Waals surface area (Å²) in [5.41, 5.74) is 1.68. The summed E-state index contributed by atoms with van der Waals surface area (Å²) in [4.78, 5) is 23.2. The second-order valence-electron chi connectivity index (χ2n) is 3.34. The highest BCUT2D eigenvalue weighted by Crippen LogP contribution is 2.22. The number of amides is 2. The number of carboxylic acids is 1. The van der Waals surface area contributed by atoms with E-state index >= 15 is 0 Å². The van der Waals surface area contributed by atoms with Crippen LogP contribution in [0.3, 0.4) is 0 Å². The molecule has 1 aliphatic rings. The van der Waals surface area contributed by atoms with E-state index in [4.69, 9.17) is 5.11 Å². The summed E-state index contributed by atoms with van der Waals surface area (Å²) in [6.07, 6.45) is 0. The zero-order valence-electron chi connectivity index (χ0n) is 7.93. The summed E-state index contributed by atoms with van der Waals surface area (Å²) < 4.78 is 0. The molecule has 1 aromatic carbocycles. The Bertz CT molecular complexity index is 417. The third kappa shape index (κ3) is 1.90. The predicted molar refractivity (Wildman–Crippen MR) is 53.5 cm³/mol. The number of fused-ring (bicyclic) bond motifs is 1. The molecule has 0 radical (unpaired) electrons. The Morgan fingerprint density at radius 1 is 1.47 bits per heavy atom. The van der Waals surface area contributed by atoms with Crippen LogP contribution in [0.1, 0.15) is 5.56 Å². The first-order chi connectivity index (χ1) is 7.16. The normalized spacial score (nSPS) is 14.4. The van der Waals surface area contributed by atoms with Crippen molar-refractivity contribution in [3.05, 3.63) is 29.8 Å². The van der Waals surface area contributed by atoms with Gasteiger partial charge in [0.05, 0.1) is 6.54 Å². The number of carbonyl (C=O) groups is 2. The fraction of sp³-hybridized carbons (Fsp3) is 0.200. The number of hydrogen-bond acceptors (Lipinski definition) is 2. The molecule has 2 amide bonds. The lowest BCUT2D eigenvalue weighted by Crippen LogP contribution is -2.41. The van der Waals surface area contributed by atoms with Crippen molar-refractivity contribution >= 4 is 17.7 Å². The molecule has 0 spiro atoms. The van der Waals surface area contributed by atoms with Gasteiger partial charge in [-0.25, -0.2) is 4.79 Å². The standard InChI is InChI=1S/C10H10N2O3/c13-9(14)6-12-5-7-3-1-2-4-8(7)11-10(12)15/h1-4H,5-6H2,(H,11,15)(H,13,14). The summed E-state index contributed by atoms with van der Waals surface area (Å²) in [5.74, 6) is -1.01. The van der Waals surface area contributed by atoms with Crippen LogP contribution in [0.2, 0.25) is 0 Å². The molecule has 0 aliphatic carbocycles. The SMILES string of the molecule is O=C(O)CN1Cc2ccccc2NC1=O. The van der Waals surface area contributed by atoms with Gasteiger partial charge in [0.15, 0.2) is 0 Å². The van der Waals surface area contributed by atoms with Crippen LogP contribution in [0, 0.1) is 0 Å². The van der Waals surface area contributed by atoms with Gasteiger partial charge in [-0.3, -0.25) is 4.79 Å². The Kier molecular flexibility index (Phi) is 2.29. The van der Waals surface area contributed by atoms with Crippen molar-refractivity contribution in [2.24, 2.45) is 0 Å². The van der Waals surface area contributed by atoms with Crippen molar-refractivity contribution < 1.29 is 14.7 Å². The fourth-order valence-corrected chi connectivity index (χ4v) is 1.54. The van der Waals surface area contributed by atoms with E-state index in [0.29, 0.717) is 6.54 Å². The van der Waals surface area contributed by atoms with Gasteiger partial charge in [-0.05, 0) is 11.6 Å². The van der Waals surface area contributed by atoms with Crippen molar-refractivity contribution in [3.8, 4) is 0 Å².